The van der Waals surface area contributed by atoms with Crippen LogP contribution in [0.2, 0.25) is 0 Å². The zero-order valence-corrected chi connectivity index (χ0v) is 16.4. The lowest BCUT2D eigenvalue weighted by atomic mass is 10.1. The van der Waals surface area contributed by atoms with E-state index in [0.717, 1.165) is 11.3 Å². The van der Waals surface area contributed by atoms with Gasteiger partial charge in [-0.2, -0.15) is 0 Å². The van der Waals surface area contributed by atoms with Crippen molar-refractivity contribution in [1.29, 1.82) is 0 Å². The van der Waals surface area contributed by atoms with Crippen LogP contribution in [0.25, 0.3) is 0 Å². The number of methoxy groups -OCH3 is 1. The van der Waals surface area contributed by atoms with Crippen LogP contribution in [0.1, 0.15) is 12.0 Å². The molecule has 0 aliphatic carbocycles. The summed E-state index contributed by atoms with van der Waals surface area (Å²) in [7, 11) is 1.57. The molecule has 0 saturated carbocycles. The van der Waals surface area contributed by atoms with Crippen molar-refractivity contribution in [2.24, 2.45) is 5.92 Å². The van der Waals surface area contributed by atoms with Gasteiger partial charge in [-0.1, -0.05) is 17.7 Å². The van der Waals surface area contributed by atoms with Gasteiger partial charge in [-0.15, -0.1) is 0 Å². The Morgan fingerprint density at radius 2 is 1.76 bits per heavy atom. The summed E-state index contributed by atoms with van der Waals surface area (Å²) in [4.78, 5) is 38.1. The lowest BCUT2D eigenvalue weighted by Gasteiger charge is -2.17. The number of nitrogens with one attached hydrogen (secondary N) is 3. The molecule has 1 heterocycles. The summed E-state index contributed by atoms with van der Waals surface area (Å²) in [5.41, 5.74) is 7.43. The van der Waals surface area contributed by atoms with Gasteiger partial charge in [0.2, 0.25) is 11.8 Å². The zero-order chi connectivity index (χ0) is 20.8. The Morgan fingerprint density at radius 1 is 1.07 bits per heavy atom. The summed E-state index contributed by atoms with van der Waals surface area (Å²) >= 11 is 0. The van der Waals surface area contributed by atoms with E-state index in [1.165, 1.54) is 0 Å². The van der Waals surface area contributed by atoms with Gasteiger partial charge in [0.1, 0.15) is 5.75 Å². The van der Waals surface area contributed by atoms with Crippen molar-refractivity contribution in [2.75, 3.05) is 30.4 Å². The van der Waals surface area contributed by atoms with E-state index in [4.69, 9.17) is 4.74 Å². The predicted molar refractivity (Wildman–Crippen MR) is 109 cm³/mol. The van der Waals surface area contributed by atoms with E-state index in [-0.39, 0.29) is 31.3 Å². The molecule has 1 aliphatic heterocycles. The normalized spacial score (nSPS) is 15.7. The van der Waals surface area contributed by atoms with Gasteiger partial charge in [0.05, 0.1) is 19.6 Å². The third kappa shape index (κ3) is 5.25. The highest BCUT2D eigenvalue weighted by atomic mass is 16.5. The van der Waals surface area contributed by atoms with Gasteiger partial charge in [-0.25, -0.2) is 0 Å². The van der Waals surface area contributed by atoms with Crippen molar-refractivity contribution >= 4 is 29.1 Å². The summed E-state index contributed by atoms with van der Waals surface area (Å²) in [6, 6.07) is 14.7. The van der Waals surface area contributed by atoms with Gasteiger partial charge in [0.15, 0.2) is 0 Å². The van der Waals surface area contributed by atoms with Crippen LogP contribution in [-0.2, 0) is 14.4 Å². The third-order valence-corrected chi connectivity index (χ3v) is 4.71. The Labute approximate surface area is 169 Å². The van der Waals surface area contributed by atoms with E-state index < -0.39 is 11.8 Å². The molecule has 0 aromatic heterocycles. The molecule has 3 amide bonds. The van der Waals surface area contributed by atoms with Crippen molar-refractivity contribution in [3.8, 4) is 5.75 Å². The molecule has 0 spiro atoms. The van der Waals surface area contributed by atoms with Gasteiger partial charge >= 0.3 is 0 Å². The Bertz CT molecular complexity index is 881. The molecule has 152 valence electrons. The first kappa shape index (κ1) is 20.2. The fourth-order valence-electron chi connectivity index (χ4n) is 3.03. The zero-order valence-electron chi connectivity index (χ0n) is 16.4. The molecule has 29 heavy (non-hydrogen) atoms. The van der Waals surface area contributed by atoms with E-state index >= 15 is 0 Å². The molecule has 2 aromatic rings. The second-order valence-corrected chi connectivity index (χ2v) is 6.86. The summed E-state index contributed by atoms with van der Waals surface area (Å²) in [5.74, 6) is -0.748. The highest BCUT2D eigenvalue weighted by Crippen LogP contribution is 2.26. The fourth-order valence-corrected chi connectivity index (χ4v) is 3.03. The Hall–Kier alpha value is -3.55. The molecule has 1 fully saturated rings. The van der Waals surface area contributed by atoms with Gasteiger partial charge in [-0.05, 0) is 43.3 Å². The lowest BCUT2D eigenvalue weighted by Crippen LogP contribution is -2.47. The van der Waals surface area contributed by atoms with Crippen LogP contribution in [0.5, 0.6) is 5.75 Å². The van der Waals surface area contributed by atoms with Gasteiger partial charge in [-0.3, -0.25) is 25.2 Å². The van der Waals surface area contributed by atoms with Gasteiger partial charge in [0.25, 0.3) is 5.91 Å². The number of hydrogen-bond acceptors (Lipinski definition) is 5. The number of carbonyl (C=O) groups is 3. The van der Waals surface area contributed by atoms with Crippen LogP contribution in [-0.4, -0.2) is 37.9 Å². The Kier molecular flexibility index (Phi) is 6.33. The predicted octanol–water partition coefficient (Wildman–Crippen LogP) is 1.62. The quantitative estimate of drug-likeness (QED) is 0.645. The maximum atomic E-state index is 12.3. The number of ether oxygens (including phenoxy) is 1. The molecule has 1 aliphatic rings. The van der Waals surface area contributed by atoms with Crippen LogP contribution in [0.3, 0.4) is 0 Å². The third-order valence-electron chi connectivity index (χ3n) is 4.71. The summed E-state index contributed by atoms with van der Waals surface area (Å²) in [6.07, 6.45) is 0.0926. The Balaban J connectivity index is 1.46. The molecule has 1 unspecified atom stereocenters. The molecule has 8 heteroatoms. The molecular formula is C21H24N4O4. The maximum absolute atomic E-state index is 12.3. The molecular weight excluding hydrogens is 372 g/mol. The SMILES string of the molecule is COc1ccc(N2CC(C(=O)NNC(=O)CNc3ccc(C)cc3)CC2=O)cc1. The summed E-state index contributed by atoms with van der Waals surface area (Å²) in [6.45, 7) is 2.26. The van der Waals surface area contributed by atoms with Crippen LogP contribution in [0.15, 0.2) is 48.5 Å². The van der Waals surface area contributed by atoms with E-state index in [9.17, 15) is 14.4 Å². The number of amides is 3. The molecule has 3 N–H and O–H groups in total. The minimum Gasteiger partial charge on any atom is -0.497 e. The van der Waals surface area contributed by atoms with Crippen LogP contribution >= 0.6 is 0 Å². The second kappa shape index (κ2) is 9.09. The average molecular weight is 396 g/mol. The number of nitrogens with zero attached hydrogens (tertiary/aromatic N) is 1. The first-order valence-electron chi connectivity index (χ1n) is 9.30. The fraction of sp³-hybridized carbons (Fsp3) is 0.286. The maximum Gasteiger partial charge on any atom is 0.257 e. The van der Waals surface area contributed by atoms with Gasteiger partial charge in [0, 0.05) is 24.3 Å². The minimum atomic E-state index is -0.532. The molecule has 1 atom stereocenters. The van der Waals surface area contributed by atoms with Crippen molar-refractivity contribution in [1.82, 2.24) is 10.9 Å². The summed E-state index contributed by atoms with van der Waals surface area (Å²) in [5, 5.41) is 2.97. The first-order chi connectivity index (χ1) is 14.0. The van der Waals surface area contributed by atoms with Crippen LogP contribution in [0, 0.1) is 12.8 Å². The molecule has 3 rings (SSSR count). The number of hydrazine groups is 1. The number of carbonyl (C=O) groups excluding carboxylic acids is 3. The van der Waals surface area contributed by atoms with E-state index in [1.807, 2.05) is 31.2 Å². The first-order valence-corrected chi connectivity index (χ1v) is 9.30. The molecule has 8 nitrogen and oxygen atoms in total. The standard InChI is InChI=1S/C21H24N4O4/c1-14-3-5-16(6-4-14)22-12-19(26)23-24-21(28)15-11-20(27)25(13-15)17-7-9-18(29-2)10-8-17/h3-10,15,22H,11-13H2,1-2H3,(H,23,26)(H,24,28). The number of hydrogen-bond donors (Lipinski definition) is 3. The average Bonchev–Trinajstić information content (AvgIpc) is 3.13. The van der Waals surface area contributed by atoms with E-state index in [2.05, 4.69) is 16.2 Å². The Morgan fingerprint density at radius 3 is 2.41 bits per heavy atom. The summed E-state index contributed by atoms with van der Waals surface area (Å²) < 4.78 is 5.11. The van der Waals surface area contributed by atoms with Crippen molar-refractivity contribution in [3.63, 3.8) is 0 Å². The second-order valence-electron chi connectivity index (χ2n) is 6.86. The van der Waals surface area contributed by atoms with Crippen molar-refractivity contribution in [3.05, 3.63) is 54.1 Å². The topological polar surface area (TPSA) is 99.8 Å². The minimum absolute atomic E-state index is 0.0188. The highest BCUT2D eigenvalue weighted by molar-refractivity contribution is 6.00. The monoisotopic (exact) mass is 396 g/mol. The van der Waals surface area contributed by atoms with E-state index in [1.54, 1.807) is 36.3 Å². The number of benzene rings is 2. The number of anilines is 2. The smallest absolute Gasteiger partial charge is 0.257 e. The number of aryl methyl sites for hydroxylation is 1. The molecule has 2 aromatic carbocycles. The van der Waals surface area contributed by atoms with E-state index in [0.29, 0.717) is 11.4 Å². The number of rotatable bonds is 6. The molecule has 0 radical (unpaired) electrons. The molecule has 0 bridgehead atoms. The van der Waals surface area contributed by atoms with Gasteiger partial charge < -0.3 is 15.0 Å². The lowest BCUT2D eigenvalue weighted by molar-refractivity contribution is -0.130. The van der Waals surface area contributed by atoms with Crippen molar-refractivity contribution in [2.45, 2.75) is 13.3 Å². The largest absolute Gasteiger partial charge is 0.497 e. The van der Waals surface area contributed by atoms with Crippen molar-refractivity contribution < 1.29 is 19.1 Å². The molecule has 1 saturated heterocycles. The van der Waals surface area contributed by atoms with Crippen LogP contribution < -0.4 is 25.8 Å². The van der Waals surface area contributed by atoms with Crippen LogP contribution in [0.4, 0.5) is 11.4 Å². The highest BCUT2D eigenvalue weighted by Gasteiger charge is 2.35.